The number of carbonyl (C=O) groups excluding carboxylic acids is 1. The number of hydrogen-bond acceptors (Lipinski definition) is 3. The van der Waals surface area contributed by atoms with Crippen molar-refractivity contribution < 1.29 is 13.9 Å². The molecule has 2 aliphatic rings. The zero-order chi connectivity index (χ0) is 17.6. The Bertz CT molecular complexity index is 584. The monoisotopic (exact) mass is 349 g/mol. The highest BCUT2D eigenvalue weighted by atomic mass is 19.1. The van der Waals surface area contributed by atoms with E-state index in [2.05, 4.69) is 10.2 Å². The van der Waals surface area contributed by atoms with Crippen LogP contribution in [0.5, 0.6) is 0 Å². The first-order chi connectivity index (χ1) is 12.2. The highest BCUT2D eigenvalue weighted by Crippen LogP contribution is 2.32. The second kappa shape index (κ2) is 8.63. The van der Waals surface area contributed by atoms with E-state index in [4.69, 9.17) is 4.74 Å². The van der Waals surface area contributed by atoms with E-state index in [1.165, 1.54) is 12.5 Å². The SMILES string of the molecule is COCCN1CCCC1CNC(=O)N1CCCC1c1cccc(F)c1. The van der Waals surface area contributed by atoms with Crippen molar-refractivity contribution in [3.05, 3.63) is 35.6 Å². The van der Waals surface area contributed by atoms with E-state index in [9.17, 15) is 9.18 Å². The van der Waals surface area contributed by atoms with Crippen LogP contribution in [0.25, 0.3) is 0 Å². The van der Waals surface area contributed by atoms with Crippen LogP contribution >= 0.6 is 0 Å². The summed E-state index contributed by atoms with van der Waals surface area (Å²) in [5.74, 6) is -0.246. The van der Waals surface area contributed by atoms with Gasteiger partial charge in [-0.25, -0.2) is 9.18 Å². The Morgan fingerprint density at radius 1 is 1.32 bits per heavy atom. The molecule has 2 heterocycles. The molecule has 6 heteroatoms. The number of carbonyl (C=O) groups is 1. The molecule has 2 aliphatic heterocycles. The summed E-state index contributed by atoms with van der Waals surface area (Å²) in [5.41, 5.74) is 0.884. The molecule has 2 unspecified atom stereocenters. The third kappa shape index (κ3) is 4.50. The summed E-state index contributed by atoms with van der Waals surface area (Å²) in [6.07, 6.45) is 4.12. The molecule has 2 atom stereocenters. The Hall–Kier alpha value is -1.66. The van der Waals surface area contributed by atoms with Crippen molar-refractivity contribution in [1.82, 2.24) is 15.1 Å². The fourth-order valence-corrected chi connectivity index (χ4v) is 4.01. The minimum atomic E-state index is -0.246. The standard InChI is InChI=1S/C19H28FN3O2/c1-25-12-11-22-9-3-7-17(22)14-21-19(24)23-10-4-8-18(23)15-5-2-6-16(20)13-15/h2,5-6,13,17-18H,3-4,7-12,14H2,1H3,(H,21,24). The second-order valence-corrected chi connectivity index (χ2v) is 6.92. The third-order valence-electron chi connectivity index (χ3n) is 5.32. The lowest BCUT2D eigenvalue weighted by atomic mass is 10.0. The van der Waals surface area contributed by atoms with E-state index >= 15 is 0 Å². The van der Waals surface area contributed by atoms with Crippen LogP contribution in [0.2, 0.25) is 0 Å². The maximum Gasteiger partial charge on any atom is 0.317 e. The third-order valence-corrected chi connectivity index (χ3v) is 5.32. The van der Waals surface area contributed by atoms with Crippen LogP contribution in [0.4, 0.5) is 9.18 Å². The Labute approximate surface area is 149 Å². The molecule has 1 aromatic carbocycles. The van der Waals surface area contributed by atoms with Gasteiger partial charge in [0.05, 0.1) is 12.6 Å². The molecule has 0 aliphatic carbocycles. The van der Waals surface area contributed by atoms with E-state index in [1.807, 2.05) is 11.0 Å². The predicted octanol–water partition coefficient (Wildman–Crippen LogP) is 2.78. The summed E-state index contributed by atoms with van der Waals surface area (Å²) < 4.78 is 18.7. The minimum Gasteiger partial charge on any atom is -0.383 e. The smallest absolute Gasteiger partial charge is 0.317 e. The number of hydrogen-bond donors (Lipinski definition) is 1. The molecule has 2 amide bonds. The van der Waals surface area contributed by atoms with Gasteiger partial charge in [-0.2, -0.15) is 0 Å². The maximum absolute atomic E-state index is 13.5. The average Bonchev–Trinajstić information content (AvgIpc) is 3.27. The number of nitrogens with one attached hydrogen (secondary N) is 1. The Kier molecular flexibility index (Phi) is 6.26. The Balaban J connectivity index is 1.55. The van der Waals surface area contributed by atoms with E-state index in [1.54, 1.807) is 19.2 Å². The van der Waals surface area contributed by atoms with Crippen molar-refractivity contribution in [2.75, 3.05) is 39.9 Å². The molecule has 0 aromatic heterocycles. The van der Waals surface area contributed by atoms with Crippen LogP contribution in [-0.2, 0) is 4.74 Å². The first kappa shape index (κ1) is 18.1. The molecule has 0 spiro atoms. The van der Waals surface area contributed by atoms with Gasteiger partial charge in [0.15, 0.2) is 0 Å². The molecule has 2 fully saturated rings. The summed E-state index contributed by atoms with van der Waals surface area (Å²) in [6, 6.07) is 6.93. The van der Waals surface area contributed by atoms with Crippen molar-refractivity contribution in [3.8, 4) is 0 Å². The summed E-state index contributed by atoms with van der Waals surface area (Å²) in [6.45, 7) is 4.09. The van der Waals surface area contributed by atoms with Crippen LogP contribution in [0.3, 0.4) is 0 Å². The van der Waals surface area contributed by atoms with Gasteiger partial charge in [0.25, 0.3) is 0 Å². The summed E-state index contributed by atoms with van der Waals surface area (Å²) in [5, 5.41) is 3.10. The summed E-state index contributed by atoms with van der Waals surface area (Å²) >= 11 is 0. The molecule has 5 nitrogen and oxygen atoms in total. The van der Waals surface area contributed by atoms with Crippen molar-refractivity contribution in [2.24, 2.45) is 0 Å². The van der Waals surface area contributed by atoms with E-state index in [-0.39, 0.29) is 17.9 Å². The predicted molar refractivity (Wildman–Crippen MR) is 95.0 cm³/mol. The molecular weight excluding hydrogens is 321 g/mol. The number of nitrogens with zero attached hydrogens (tertiary/aromatic N) is 2. The molecule has 138 valence electrons. The van der Waals surface area contributed by atoms with Gasteiger partial charge in [-0.15, -0.1) is 0 Å². The molecule has 25 heavy (non-hydrogen) atoms. The number of methoxy groups -OCH3 is 1. The van der Waals surface area contributed by atoms with Crippen LogP contribution in [0.1, 0.15) is 37.3 Å². The van der Waals surface area contributed by atoms with Gasteiger partial charge in [-0.05, 0) is 49.9 Å². The van der Waals surface area contributed by atoms with E-state index in [0.29, 0.717) is 12.6 Å². The maximum atomic E-state index is 13.5. The minimum absolute atomic E-state index is 0.0242. The van der Waals surface area contributed by atoms with Gasteiger partial charge in [-0.3, -0.25) is 4.90 Å². The van der Waals surface area contributed by atoms with Gasteiger partial charge in [0, 0.05) is 32.8 Å². The van der Waals surface area contributed by atoms with Crippen LogP contribution < -0.4 is 5.32 Å². The molecule has 0 radical (unpaired) electrons. The fraction of sp³-hybridized carbons (Fsp3) is 0.632. The van der Waals surface area contributed by atoms with Crippen LogP contribution in [0.15, 0.2) is 24.3 Å². The van der Waals surface area contributed by atoms with Crippen LogP contribution in [0, 0.1) is 5.82 Å². The van der Waals surface area contributed by atoms with E-state index in [0.717, 1.165) is 51.1 Å². The highest BCUT2D eigenvalue weighted by Gasteiger charge is 2.31. The summed E-state index contributed by atoms with van der Waals surface area (Å²) in [7, 11) is 1.72. The quantitative estimate of drug-likeness (QED) is 0.859. The van der Waals surface area contributed by atoms with Gasteiger partial charge >= 0.3 is 6.03 Å². The number of likely N-dealkylation sites (tertiary alicyclic amines) is 2. The number of urea groups is 1. The molecule has 0 saturated carbocycles. The van der Waals surface area contributed by atoms with E-state index < -0.39 is 0 Å². The van der Waals surface area contributed by atoms with Gasteiger partial charge in [0.2, 0.25) is 0 Å². The fourth-order valence-electron chi connectivity index (χ4n) is 4.01. The number of benzene rings is 1. The molecule has 3 rings (SSSR count). The number of rotatable bonds is 6. The Morgan fingerprint density at radius 2 is 2.16 bits per heavy atom. The Morgan fingerprint density at radius 3 is 2.96 bits per heavy atom. The number of halogens is 1. The molecule has 2 saturated heterocycles. The zero-order valence-electron chi connectivity index (χ0n) is 14.9. The van der Waals surface area contributed by atoms with Crippen molar-refractivity contribution >= 4 is 6.03 Å². The lowest BCUT2D eigenvalue weighted by molar-refractivity contribution is 0.138. The average molecular weight is 349 g/mol. The zero-order valence-corrected chi connectivity index (χ0v) is 14.9. The first-order valence-electron chi connectivity index (χ1n) is 9.22. The van der Waals surface area contributed by atoms with Gasteiger partial charge in [0.1, 0.15) is 5.82 Å². The number of amides is 2. The normalized spacial score (nSPS) is 24.0. The first-order valence-corrected chi connectivity index (χ1v) is 9.22. The molecular formula is C19H28FN3O2. The topological polar surface area (TPSA) is 44.8 Å². The second-order valence-electron chi connectivity index (χ2n) is 6.92. The summed E-state index contributed by atoms with van der Waals surface area (Å²) in [4.78, 5) is 16.9. The van der Waals surface area contributed by atoms with Crippen LogP contribution in [-0.4, -0.2) is 61.8 Å². The highest BCUT2D eigenvalue weighted by molar-refractivity contribution is 5.75. The van der Waals surface area contributed by atoms with Crippen molar-refractivity contribution in [2.45, 2.75) is 37.8 Å². The van der Waals surface area contributed by atoms with Crippen molar-refractivity contribution in [1.29, 1.82) is 0 Å². The lowest BCUT2D eigenvalue weighted by Gasteiger charge is -2.28. The molecule has 0 bridgehead atoms. The lowest BCUT2D eigenvalue weighted by Crippen LogP contribution is -2.46. The molecule has 1 aromatic rings. The largest absolute Gasteiger partial charge is 0.383 e. The van der Waals surface area contributed by atoms with Crippen molar-refractivity contribution in [3.63, 3.8) is 0 Å². The van der Waals surface area contributed by atoms with Gasteiger partial charge in [-0.1, -0.05) is 12.1 Å². The van der Waals surface area contributed by atoms with Gasteiger partial charge < -0.3 is 15.0 Å². The molecule has 1 N–H and O–H groups in total. The number of ether oxygens (including phenoxy) is 1.